The molecule has 1 aromatic heterocycles. The minimum absolute atomic E-state index is 0.297. The van der Waals surface area contributed by atoms with Crippen LogP contribution in [-0.2, 0) is 20.6 Å². The highest BCUT2D eigenvalue weighted by molar-refractivity contribution is 5.05. The lowest BCUT2D eigenvalue weighted by Gasteiger charge is -2.14. The Morgan fingerprint density at radius 2 is 1.95 bits per heavy atom. The highest BCUT2D eigenvalue weighted by atomic mass is 16.3. The molecule has 0 aliphatic carbocycles. The smallest absolute Gasteiger partial charge is 0.330 e. The van der Waals surface area contributed by atoms with Crippen LogP contribution in [0.15, 0.2) is 15.8 Å². The first kappa shape index (κ1) is 15.7. The van der Waals surface area contributed by atoms with Crippen LogP contribution in [0.1, 0.15) is 25.8 Å². The molecule has 108 valence electrons. The van der Waals surface area contributed by atoms with Crippen LogP contribution >= 0.6 is 0 Å². The topological polar surface area (TPSA) is 76.3 Å². The van der Waals surface area contributed by atoms with Crippen molar-refractivity contribution in [3.05, 3.63) is 32.6 Å². The average Bonchev–Trinajstić information content (AvgIpc) is 2.32. The van der Waals surface area contributed by atoms with Crippen LogP contribution in [0, 0.1) is 5.92 Å². The molecule has 0 saturated heterocycles. The van der Waals surface area contributed by atoms with E-state index in [1.54, 1.807) is 7.05 Å². The molecule has 0 radical (unpaired) electrons. The second-order valence-corrected chi connectivity index (χ2v) is 5.33. The SMILES string of the molecule is CC(C)CC(O)CNCc1cn(C)c(=O)n(C)c1=O. The van der Waals surface area contributed by atoms with E-state index in [1.165, 1.54) is 17.8 Å². The Morgan fingerprint density at radius 3 is 2.53 bits per heavy atom. The third-order valence-corrected chi connectivity index (χ3v) is 2.96. The van der Waals surface area contributed by atoms with Crippen molar-refractivity contribution in [1.82, 2.24) is 14.5 Å². The molecular weight excluding hydrogens is 246 g/mol. The van der Waals surface area contributed by atoms with Gasteiger partial charge in [-0.2, -0.15) is 0 Å². The highest BCUT2D eigenvalue weighted by Crippen LogP contribution is 2.03. The molecule has 0 aliphatic rings. The molecule has 0 spiro atoms. The van der Waals surface area contributed by atoms with Crippen LogP contribution in [0.4, 0.5) is 0 Å². The van der Waals surface area contributed by atoms with Crippen LogP contribution in [0.2, 0.25) is 0 Å². The number of nitrogens with one attached hydrogen (secondary N) is 1. The van der Waals surface area contributed by atoms with Crippen molar-refractivity contribution >= 4 is 0 Å². The molecule has 1 heterocycles. The maximum atomic E-state index is 11.8. The summed E-state index contributed by atoms with van der Waals surface area (Å²) in [7, 11) is 3.07. The molecule has 1 atom stereocenters. The summed E-state index contributed by atoms with van der Waals surface area (Å²) in [5.41, 5.74) is -0.121. The summed E-state index contributed by atoms with van der Waals surface area (Å²) in [4.78, 5) is 23.4. The Kier molecular flexibility index (Phi) is 5.50. The van der Waals surface area contributed by atoms with E-state index in [0.717, 1.165) is 11.0 Å². The van der Waals surface area contributed by atoms with Gasteiger partial charge in [-0.15, -0.1) is 0 Å². The number of hydrogen-bond donors (Lipinski definition) is 2. The third kappa shape index (κ3) is 4.33. The number of aromatic nitrogens is 2. The van der Waals surface area contributed by atoms with E-state index in [1.807, 2.05) is 13.8 Å². The van der Waals surface area contributed by atoms with Crippen molar-refractivity contribution in [3.63, 3.8) is 0 Å². The number of aliphatic hydroxyl groups excluding tert-OH is 1. The Hall–Kier alpha value is -1.40. The van der Waals surface area contributed by atoms with E-state index in [9.17, 15) is 14.7 Å². The van der Waals surface area contributed by atoms with Gasteiger partial charge in [0.2, 0.25) is 0 Å². The maximum Gasteiger partial charge on any atom is 0.330 e. The Bertz CT molecular complexity index is 531. The zero-order valence-corrected chi connectivity index (χ0v) is 12.0. The molecule has 0 bridgehead atoms. The average molecular weight is 269 g/mol. The van der Waals surface area contributed by atoms with Crippen LogP contribution in [0.25, 0.3) is 0 Å². The van der Waals surface area contributed by atoms with E-state index in [-0.39, 0.29) is 11.2 Å². The van der Waals surface area contributed by atoms with Crippen LogP contribution in [0.5, 0.6) is 0 Å². The second-order valence-electron chi connectivity index (χ2n) is 5.33. The molecule has 0 amide bonds. The Balaban J connectivity index is 2.65. The third-order valence-electron chi connectivity index (χ3n) is 2.96. The van der Waals surface area contributed by atoms with E-state index >= 15 is 0 Å². The fourth-order valence-corrected chi connectivity index (χ4v) is 2.01. The molecule has 1 rings (SSSR count). The van der Waals surface area contributed by atoms with Crippen molar-refractivity contribution in [2.75, 3.05) is 6.54 Å². The maximum absolute atomic E-state index is 11.8. The first-order valence-electron chi connectivity index (χ1n) is 6.47. The summed E-state index contributed by atoms with van der Waals surface area (Å²) < 4.78 is 2.46. The van der Waals surface area contributed by atoms with Crippen molar-refractivity contribution in [2.45, 2.75) is 32.9 Å². The minimum Gasteiger partial charge on any atom is -0.392 e. The normalized spacial score (nSPS) is 12.9. The van der Waals surface area contributed by atoms with Gasteiger partial charge in [-0.05, 0) is 12.3 Å². The second kappa shape index (κ2) is 6.68. The van der Waals surface area contributed by atoms with Crippen LogP contribution in [0.3, 0.4) is 0 Å². The van der Waals surface area contributed by atoms with Gasteiger partial charge in [0.1, 0.15) is 0 Å². The van der Waals surface area contributed by atoms with Crippen molar-refractivity contribution in [3.8, 4) is 0 Å². The highest BCUT2D eigenvalue weighted by Gasteiger charge is 2.09. The Labute approximate surface area is 112 Å². The standard InChI is InChI=1S/C13H23N3O3/c1-9(2)5-11(17)7-14-6-10-8-15(3)13(19)16(4)12(10)18/h8-9,11,14,17H,5-7H2,1-4H3. The molecule has 6 nitrogen and oxygen atoms in total. The molecule has 6 heteroatoms. The molecule has 0 aliphatic heterocycles. The lowest BCUT2D eigenvalue weighted by molar-refractivity contribution is 0.146. The lowest BCUT2D eigenvalue weighted by atomic mass is 10.1. The quantitative estimate of drug-likeness (QED) is 0.735. The van der Waals surface area contributed by atoms with Crippen molar-refractivity contribution in [2.24, 2.45) is 20.0 Å². The van der Waals surface area contributed by atoms with Gasteiger partial charge in [-0.25, -0.2) is 4.79 Å². The summed E-state index contributed by atoms with van der Waals surface area (Å²) in [6.45, 7) is 4.87. The number of rotatable bonds is 6. The number of nitrogens with zero attached hydrogens (tertiary/aromatic N) is 2. The van der Waals surface area contributed by atoms with Crippen LogP contribution < -0.4 is 16.6 Å². The zero-order valence-electron chi connectivity index (χ0n) is 12.0. The van der Waals surface area contributed by atoms with Gasteiger partial charge in [0.15, 0.2) is 0 Å². The minimum atomic E-state index is -0.420. The molecule has 1 unspecified atom stereocenters. The van der Waals surface area contributed by atoms with Crippen LogP contribution in [-0.4, -0.2) is 26.9 Å². The lowest BCUT2D eigenvalue weighted by Crippen LogP contribution is -2.40. The fraction of sp³-hybridized carbons (Fsp3) is 0.692. The molecule has 2 N–H and O–H groups in total. The number of aliphatic hydroxyl groups is 1. The van der Waals surface area contributed by atoms with E-state index < -0.39 is 6.10 Å². The van der Waals surface area contributed by atoms with Crippen molar-refractivity contribution < 1.29 is 5.11 Å². The monoisotopic (exact) mass is 269 g/mol. The molecule has 0 aromatic carbocycles. The van der Waals surface area contributed by atoms with Gasteiger partial charge in [0, 0.05) is 38.9 Å². The summed E-state index contributed by atoms with van der Waals surface area (Å²) in [5, 5.41) is 12.8. The van der Waals surface area contributed by atoms with E-state index in [0.29, 0.717) is 24.6 Å². The van der Waals surface area contributed by atoms with Gasteiger partial charge in [0.05, 0.1) is 6.10 Å². The van der Waals surface area contributed by atoms with E-state index in [4.69, 9.17) is 0 Å². The van der Waals surface area contributed by atoms with E-state index in [2.05, 4.69) is 5.32 Å². The van der Waals surface area contributed by atoms with Gasteiger partial charge in [-0.1, -0.05) is 13.8 Å². The summed E-state index contributed by atoms with van der Waals surface area (Å²) in [6.07, 6.45) is 1.83. The predicted molar refractivity (Wildman–Crippen MR) is 74.1 cm³/mol. The Morgan fingerprint density at radius 1 is 1.32 bits per heavy atom. The van der Waals surface area contributed by atoms with Crippen molar-refractivity contribution in [1.29, 1.82) is 0 Å². The fourth-order valence-electron chi connectivity index (χ4n) is 2.01. The summed E-state index contributed by atoms with van der Waals surface area (Å²) in [5.74, 6) is 0.433. The molecule has 19 heavy (non-hydrogen) atoms. The molecule has 0 fully saturated rings. The number of aryl methyl sites for hydroxylation is 1. The zero-order chi connectivity index (χ0) is 14.6. The molecular formula is C13H23N3O3. The van der Waals surface area contributed by atoms with Gasteiger partial charge < -0.3 is 15.0 Å². The molecule has 0 saturated carbocycles. The van der Waals surface area contributed by atoms with Gasteiger partial charge in [0.25, 0.3) is 5.56 Å². The predicted octanol–water partition coefficient (Wildman–Crippen LogP) is -0.419. The number of hydrogen-bond acceptors (Lipinski definition) is 4. The molecule has 1 aromatic rings. The first-order valence-corrected chi connectivity index (χ1v) is 6.47. The largest absolute Gasteiger partial charge is 0.392 e. The summed E-state index contributed by atoms with van der Waals surface area (Å²) >= 11 is 0. The van der Waals surface area contributed by atoms with Gasteiger partial charge >= 0.3 is 5.69 Å². The first-order chi connectivity index (χ1) is 8.82. The van der Waals surface area contributed by atoms with Gasteiger partial charge in [-0.3, -0.25) is 9.36 Å². The summed E-state index contributed by atoms with van der Waals surface area (Å²) in [6, 6.07) is 0.